The van der Waals surface area contributed by atoms with Gasteiger partial charge in [-0.3, -0.25) is 9.59 Å². The van der Waals surface area contributed by atoms with Crippen molar-refractivity contribution in [2.45, 2.75) is 26.7 Å². The van der Waals surface area contributed by atoms with Crippen LogP contribution in [0.1, 0.15) is 25.8 Å². The van der Waals surface area contributed by atoms with Gasteiger partial charge in [-0.1, -0.05) is 23.8 Å². The quantitative estimate of drug-likeness (QED) is 0.786. The average molecular weight is 247 g/mol. The van der Waals surface area contributed by atoms with Crippen LogP contribution in [0, 0.1) is 0 Å². The summed E-state index contributed by atoms with van der Waals surface area (Å²) in [6.45, 7) is 3.69. The molecule has 0 radical (unpaired) electrons. The van der Waals surface area contributed by atoms with Crippen LogP contribution in [0.15, 0.2) is 35.9 Å². The number of carbonyl (C=O) groups excluding carboxylic acids is 1. The summed E-state index contributed by atoms with van der Waals surface area (Å²) in [7, 11) is 0. The molecule has 0 aliphatic carbocycles. The number of aliphatic carboxylic acids is 1. The van der Waals surface area contributed by atoms with Crippen LogP contribution in [0.25, 0.3) is 0 Å². The van der Waals surface area contributed by atoms with E-state index in [4.69, 9.17) is 5.11 Å². The van der Waals surface area contributed by atoms with Gasteiger partial charge in [0.2, 0.25) is 5.91 Å². The number of nitrogens with one attached hydrogen (secondary N) is 1. The lowest BCUT2D eigenvalue weighted by Crippen LogP contribution is -2.11. The highest BCUT2D eigenvalue weighted by Gasteiger charge is 2.06. The summed E-state index contributed by atoms with van der Waals surface area (Å²) in [5, 5.41) is 11.4. The average Bonchev–Trinajstić information content (AvgIpc) is 2.26. The molecule has 0 aliphatic heterocycles. The van der Waals surface area contributed by atoms with Gasteiger partial charge in [-0.25, -0.2) is 0 Å². The van der Waals surface area contributed by atoms with Gasteiger partial charge in [0.15, 0.2) is 0 Å². The van der Waals surface area contributed by atoms with Crippen molar-refractivity contribution in [3.63, 3.8) is 0 Å². The zero-order valence-electron chi connectivity index (χ0n) is 10.6. The molecule has 0 atom stereocenters. The standard InChI is InChI=1S/C14H17NO3/c1-10(2)9-13(16)15-12-6-4-3-5-11(12)7-8-14(17)18/h3-6,9H,7-8H2,1-2H3,(H,15,16)(H,17,18). The Morgan fingerprint density at radius 3 is 2.56 bits per heavy atom. The minimum atomic E-state index is -0.847. The Morgan fingerprint density at radius 1 is 1.28 bits per heavy atom. The Morgan fingerprint density at radius 2 is 1.94 bits per heavy atom. The SMILES string of the molecule is CC(C)=CC(=O)Nc1ccccc1CCC(=O)O. The zero-order valence-corrected chi connectivity index (χ0v) is 10.6. The molecule has 0 spiro atoms. The zero-order chi connectivity index (χ0) is 13.5. The number of rotatable bonds is 5. The van der Waals surface area contributed by atoms with Gasteiger partial charge in [0, 0.05) is 18.2 Å². The predicted molar refractivity (Wildman–Crippen MR) is 70.5 cm³/mol. The fourth-order valence-electron chi connectivity index (χ4n) is 1.53. The molecule has 0 saturated heterocycles. The molecular weight excluding hydrogens is 230 g/mol. The van der Waals surface area contributed by atoms with E-state index in [9.17, 15) is 9.59 Å². The second-order valence-electron chi connectivity index (χ2n) is 4.26. The van der Waals surface area contributed by atoms with Crippen molar-refractivity contribution in [2.75, 3.05) is 5.32 Å². The summed E-state index contributed by atoms with van der Waals surface area (Å²) in [6, 6.07) is 7.23. The first-order chi connectivity index (χ1) is 8.49. The maximum Gasteiger partial charge on any atom is 0.303 e. The van der Waals surface area contributed by atoms with Crippen molar-refractivity contribution in [3.05, 3.63) is 41.5 Å². The Balaban J connectivity index is 2.79. The van der Waals surface area contributed by atoms with Crippen molar-refractivity contribution >= 4 is 17.6 Å². The number of hydrogen-bond donors (Lipinski definition) is 2. The highest BCUT2D eigenvalue weighted by molar-refractivity contribution is 6.00. The monoisotopic (exact) mass is 247 g/mol. The number of carbonyl (C=O) groups is 2. The van der Waals surface area contributed by atoms with Crippen LogP contribution in [0.4, 0.5) is 5.69 Å². The topological polar surface area (TPSA) is 66.4 Å². The number of carboxylic acid groups (broad SMARTS) is 1. The number of hydrogen-bond acceptors (Lipinski definition) is 2. The lowest BCUT2D eigenvalue weighted by Gasteiger charge is -2.08. The molecule has 0 saturated carbocycles. The van der Waals surface area contributed by atoms with Gasteiger partial charge < -0.3 is 10.4 Å². The Hall–Kier alpha value is -2.10. The molecule has 4 heteroatoms. The first-order valence-corrected chi connectivity index (χ1v) is 5.74. The lowest BCUT2D eigenvalue weighted by atomic mass is 10.1. The first-order valence-electron chi connectivity index (χ1n) is 5.74. The van der Waals surface area contributed by atoms with Crippen LogP contribution in [0.2, 0.25) is 0 Å². The molecule has 1 aromatic rings. The number of para-hydroxylation sites is 1. The summed E-state index contributed by atoms with van der Waals surface area (Å²) in [6.07, 6.45) is 1.96. The van der Waals surface area contributed by atoms with Crippen molar-refractivity contribution in [3.8, 4) is 0 Å². The van der Waals surface area contributed by atoms with Gasteiger partial charge in [0.05, 0.1) is 0 Å². The molecule has 0 bridgehead atoms. The molecule has 2 N–H and O–H groups in total. The van der Waals surface area contributed by atoms with Crippen LogP contribution in [0.3, 0.4) is 0 Å². The molecule has 0 unspecified atom stereocenters. The molecule has 96 valence electrons. The number of allylic oxidation sites excluding steroid dienone is 1. The number of benzene rings is 1. The minimum absolute atomic E-state index is 0.0511. The van der Waals surface area contributed by atoms with Crippen LogP contribution < -0.4 is 5.32 Å². The molecule has 0 aliphatic rings. The lowest BCUT2D eigenvalue weighted by molar-refractivity contribution is -0.136. The molecular formula is C14H17NO3. The van der Waals surface area contributed by atoms with E-state index >= 15 is 0 Å². The van der Waals surface area contributed by atoms with Gasteiger partial charge in [0.25, 0.3) is 0 Å². The third-order valence-corrected chi connectivity index (χ3v) is 2.30. The summed E-state index contributed by atoms with van der Waals surface area (Å²) < 4.78 is 0. The van der Waals surface area contributed by atoms with E-state index < -0.39 is 5.97 Å². The number of aryl methyl sites for hydroxylation is 1. The molecule has 0 aromatic heterocycles. The molecule has 1 amide bonds. The van der Waals surface area contributed by atoms with Gasteiger partial charge in [-0.15, -0.1) is 0 Å². The predicted octanol–water partition coefficient (Wildman–Crippen LogP) is 2.61. The highest BCUT2D eigenvalue weighted by Crippen LogP contribution is 2.17. The third kappa shape index (κ3) is 4.82. The van der Waals surface area contributed by atoms with Gasteiger partial charge in [-0.05, 0) is 31.9 Å². The Bertz CT molecular complexity index is 474. The molecule has 18 heavy (non-hydrogen) atoms. The Labute approximate surface area is 106 Å². The van der Waals surface area contributed by atoms with Crippen LogP contribution in [0.5, 0.6) is 0 Å². The minimum Gasteiger partial charge on any atom is -0.481 e. The van der Waals surface area contributed by atoms with E-state index in [-0.39, 0.29) is 12.3 Å². The van der Waals surface area contributed by atoms with Crippen molar-refractivity contribution < 1.29 is 14.7 Å². The third-order valence-electron chi connectivity index (χ3n) is 2.30. The van der Waals surface area contributed by atoms with E-state index in [1.165, 1.54) is 6.08 Å². The van der Waals surface area contributed by atoms with E-state index in [1.54, 1.807) is 6.07 Å². The normalized spacial score (nSPS) is 9.67. The van der Waals surface area contributed by atoms with Crippen molar-refractivity contribution in [2.24, 2.45) is 0 Å². The maximum atomic E-state index is 11.6. The molecule has 1 aromatic carbocycles. The fraction of sp³-hybridized carbons (Fsp3) is 0.286. The largest absolute Gasteiger partial charge is 0.481 e. The van der Waals surface area contributed by atoms with Crippen molar-refractivity contribution in [1.82, 2.24) is 0 Å². The molecule has 1 rings (SSSR count). The summed E-state index contributed by atoms with van der Waals surface area (Å²) in [5.74, 6) is -1.04. The van der Waals surface area contributed by atoms with Crippen molar-refractivity contribution in [1.29, 1.82) is 0 Å². The highest BCUT2D eigenvalue weighted by atomic mass is 16.4. The molecule has 0 fully saturated rings. The van der Waals surface area contributed by atoms with E-state index in [1.807, 2.05) is 32.0 Å². The van der Waals surface area contributed by atoms with Gasteiger partial charge >= 0.3 is 5.97 Å². The molecule has 4 nitrogen and oxygen atoms in total. The van der Waals surface area contributed by atoms with Gasteiger partial charge in [-0.2, -0.15) is 0 Å². The first kappa shape index (κ1) is 14.0. The number of anilines is 1. The molecule has 0 heterocycles. The summed E-state index contributed by atoms with van der Waals surface area (Å²) >= 11 is 0. The van der Waals surface area contributed by atoms with Crippen LogP contribution in [-0.2, 0) is 16.0 Å². The second-order valence-corrected chi connectivity index (χ2v) is 4.26. The number of amides is 1. The number of carboxylic acids is 1. The van der Waals surface area contributed by atoms with E-state index in [0.29, 0.717) is 12.1 Å². The van der Waals surface area contributed by atoms with E-state index in [0.717, 1.165) is 11.1 Å². The van der Waals surface area contributed by atoms with Gasteiger partial charge in [0.1, 0.15) is 0 Å². The van der Waals surface area contributed by atoms with Crippen LogP contribution in [-0.4, -0.2) is 17.0 Å². The van der Waals surface area contributed by atoms with E-state index in [2.05, 4.69) is 5.32 Å². The van der Waals surface area contributed by atoms with Crippen LogP contribution >= 0.6 is 0 Å². The summed E-state index contributed by atoms with van der Waals surface area (Å²) in [5.41, 5.74) is 2.41. The summed E-state index contributed by atoms with van der Waals surface area (Å²) in [4.78, 5) is 22.2. The second kappa shape index (κ2) is 6.59. The Kier molecular flexibility index (Phi) is 5.11. The smallest absolute Gasteiger partial charge is 0.303 e. The fourth-order valence-corrected chi connectivity index (χ4v) is 1.53. The maximum absolute atomic E-state index is 11.6.